The molecule has 2 atom stereocenters. The Balaban J connectivity index is 1.64. The number of carbonyl (C=O) groups excluding carboxylic acids is 1. The lowest BCUT2D eigenvalue weighted by atomic mass is 9.88. The predicted octanol–water partition coefficient (Wildman–Crippen LogP) is 4.57. The molecular formula is C27H28FNO5S. The third-order valence-corrected chi connectivity index (χ3v) is 8.78. The summed E-state index contributed by atoms with van der Waals surface area (Å²) in [5.41, 5.74) is 2.34. The topological polar surface area (TPSA) is 93.6 Å². The van der Waals surface area contributed by atoms with Crippen molar-refractivity contribution in [2.24, 2.45) is 5.92 Å². The summed E-state index contributed by atoms with van der Waals surface area (Å²) in [5, 5.41) is 10.9. The number of benzene rings is 2. The Kier molecular flexibility index (Phi) is 6.79. The molecular weight excluding hydrogens is 469 g/mol. The minimum Gasteiger partial charge on any atom is -0.493 e. The predicted molar refractivity (Wildman–Crippen MR) is 132 cm³/mol. The average Bonchev–Trinajstić information content (AvgIpc) is 2.80. The number of aliphatic hydroxyl groups excluding tert-OH is 1. The summed E-state index contributed by atoms with van der Waals surface area (Å²) in [6.45, 7) is 4.88. The lowest BCUT2D eigenvalue weighted by Crippen LogP contribution is -2.33. The SMILES string of the molecule is CC(C)(C)S(=O)(=O)CC(=O)c1ccc(F)cc1-c1ccc2c(c1)OC[C@H](Cc1ccccn1)[C@H]2O. The fraction of sp³-hybridized carbons (Fsp3) is 0.333. The van der Waals surface area contributed by atoms with Crippen LogP contribution in [0.4, 0.5) is 4.39 Å². The van der Waals surface area contributed by atoms with E-state index in [-0.39, 0.29) is 23.7 Å². The van der Waals surface area contributed by atoms with Crippen LogP contribution in [0.15, 0.2) is 60.8 Å². The van der Waals surface area contributed by atoms with Crippen LogP contribution in [0.25, 0.3) is 11.1 Å². The standard InChI is InChI=1S/C27H28FNO5S/c1-27(2,3)35(32,33)16-24(30)21-10-8-19(28)14-23(21)17-7-9-22-25(13-17)34-15-18(26(22)31)12-20-6-4-5-11-29-20/h4-11,13-14,18,26,31H,12,15-16H2,1-3H3/t18-,26+/m0/s1. The third-order valence-electron chi connectivity index (χ3n) is 6.28. The second-order valence-electron chi connectivity index (χ2n) is 9.78. The van der Waals surface area contributed by atoms with E-state index in [0.29, 0.717) is 23.3 Å². The number of fused-ring (bicyclic) bond motifs is 1. The molecule has 2 aromatic carbocycles. The molecule has 0 unspecified atom stereocenters. The van der Waals surface area contributed by atoms with Crippen LogP contribution < -0.4 is 4.74 Å². The maximum absolute atomic E-state index is 14.2. The van der Waals surface area contributed by atoms with Gasteiger partial charge in [-0.25, -0.2) is 12.8 Å². The fourth-order valence-corrected chi connectivity index (χ4v) is 4.97. The van der Waals surface area contributed by atoms with Gasteiger partial charge in [-0.15, -0.1) is 0 Å². The van der Waals surface area contributed by atoms with E-state index in [0.717, 1.165) is 11.8 Å². The monoisotopic (exact) mass is 497 g/mol. The molecule has 1 aliphatic heterocycles. The largest absolute Gasteiger partial charge is 0.493 e. The third kappa shape index (κ3) is 5.28. The zero-order chi connectivity index (χ0) is 25.4. The second-order valence-corrected chi connectivity index (χ2v) is 12.5. The Morgan fingerprint density at radius 3 is 2.60 bits per heavy atom. The van der Waals surface area contributed by atoms with Crippen molar-refractivity contribution in [3.8, 4) is 16.9 Å². The zero-order valence-corrected chi connectivity index (χ0v) is 20.7. The number of nitrogens with zero attached hydrogens (tertiary/aromatic N) is 1. The summed E-state index contributed by atoms with van der Waals surface area (Å²) in [7, 11) is -3.71. The van der Waals surface area contributed by atoms with Gasteiger partial charge in [0.25, 0.3) is 0 Å². The highest BCUT2D eigenvalue weighted by molar-refractivity contribution is 7.93. The van der Waals surface area contributed by atoms with Gasteiger partial charge in [0.2, 0.25) is 0 Å². The second kappa shape index (κ2) is 9.51. The Morgan fingerprint density at radius 2 is 1.91 bits per heavy atom. The Labute approximate surface area is 204 Å². The van der Waals surface area contributed by atoms with Crippen LogP contribution in [0.3, 0.4) is 0 Å². The van der Waals surface area contributed by atoms with Gasteiger partial charge in [0, 0.05) is 28.9 Å². The normalized spacial score (nSPS) is 18.0. The molecule has 35 heavy (non-hydrogen) atoms. The average molecular weight is 498 g/mol. The summed E-state index contributed by atoms with van der Waals surface area (Å²) >= 11 is 0. The maximum Gasteiger partial charge on any atom is 0.178 e. The van der Waals surface area contributed by atoms with Gasteiger partial charge in [-0.1, -0.05) is 18.2 Å². The van der Waals surface area contributed by atoms with E-state index in [2.05, 4.69) is 4.98 Å². The van der Waals surface area contributed by atoms with E-state index in [1.165, 1.54) is 32.9 Å². The van der Waals surface area contributed by atoms with Gasteiger partial charge < -0.3 is 9.84 Å². The molecule has 1 aromatic heterocycles. The molecule has 184 valence electrons. The summed E-state index contributed by atoms with van der Waals surface area (Å²) in [6.07, 6.45) is 1.48. The highest BCUT2D eigenvalue weighted by Gasteiger charge is 2.33. The number of aliphatic hydroxyl groups is 1. The smallest absolute Gasteiger partial charge is 0.178 e. The number of rotatable bonds is 6. The van der Waals surface area contributed by atoms with Crippen LogP contribution in [0, 0.1) is 11.7 Å². The van der Waals surface area contributed by atoms with Gasteiger partial charge in [0.15, 0.2) is 15.6 Å². The summed E-state index contributed by atoms with van der Waals surface area (Å²) in [6, 6.07) is 14.3. The van der Waals surface area contributed by atoms with Gasteiger partial charge in [-0.05, 0) is 74.7 Å². The van der Waals surface area contributed by atoms with E-state index in [4.69, 9.17) is 4.74 Å². The van der Waals surface area contributed by atoms with Gasteiger partial charge in [-0.2, -0.15) is 0 Å². The Morgan fingerprint density at radius 1 is 1.14 bits per heavy atom. The number of Topliss-reactive ketones (excluding diaryl/α,β-unsaturated/α-hetero) is 1. The molecule has 0 radical (unpaired) electrons. The number of ether oxygens (including phenoxy) is 1. The number of carbonyl (C=O) groups is 1. The molecule has 0 spiro atoms. The summed E-state index contributed by atoms with van der Waals surface area (Å²) in [4.78, 5) is 17.3. The highest BCUT2D eigenvalue weighted by atomic mass is 32.2. The zero-order valence-electron chi connectivity index (χ0n) is 19.9. The van der Waals surface area contributed by atoms with Crippen molar-refractivity contribution >= 4 is 15.6 Å². The summed E-state index contributed by atoms with van der Waals surface area (Å²) < 4.78 is 44.2. The van der Waals surface area contributed by atoms with Crippen molar-refractivity contribution in [1.82, 2.24) is 4.98 Å². The number of halogens is 1. The van der Waals surface area contributed by atoms with Gasteiger partial charge >= 0.3 is 0 Å². The molecule has 0 amide bonds. The first-order chi connectivity index (χ1) is 16.5. The van der Waals surface area contributed by atoms with Gasteiger partial charge in [0.1, 0.15) is 17.3 Å². The van der Waals surface area contributed by atoms with Crippen molar-refractivity contribution in [3.05, 3.63) is 83.4 Å². The van der Waals surface area contributed by atoms with Crippen LogP contribution in [-0.2, 0) is 16.3 Å². The molecule has 1 aliphatic rings. The van der Waals surface area contributed by atoms with Crippen LogP contribution in [0.2, 0.25) is 0 Å². The summed E-state index contributed by atoms with van der Waals surface area (Å²) in [5.74, 6) is -1.58. The van der Waals surface area contributed by atoms with E-state index >= 15 is 0 Å². The van der Waals surface area contributed by atoms with Crippen LogP contribution >= 0.6 is 0 Å². The number of ketones is 1. The van der Waals surface area contributed by atoms with E-state index in [1.807, 2.05) is 18.2 Å². The number of sulfone groups is 1. The number of hydrogen-bond donors (Lipinski definition) is 1. The molecule has 0 bridgehead atoms. The van der Waals surface area contributed by atoms with Crippen molar-refractivity contribution in [2.45, 2.75) is 38.0 Å². The molecule has 0 aliphatic carbocycles. The highest BCUT2D eigenvalue weighted by Crippen LogP contribution is 2.40. The molecule has 0 fully saturated rings. The van der Waals surface area contributed by atoms with Crippen molar-refractivity contribution in [3.63, 3.8) is 0 Å². The van der Waals surface area contributed by atoms with Crippen LogP contribution in [0.1, 0.15) is 48.5 Å². The number of hydrogen-bond acceptors (Lipinski definition) is 6. The van der Waals surface area contributed by atoms with E-state index in [9.17, 15) is 22.7 Å². The van der Waals surface area contributed by atoms with Crippen molar-refractivity contribution in [2.75, 3.05) is 12.4 Å². The number of pyridine rings is 1. The first-order valence-corrected chi connectivity index (χ1v) is 13.0. The van der Waals surface area contributed by atoms with E-state index < -0.39 is 38.0 Å². The Bertz CT molecular complexity index is 1350. The lowest BCUT2D eigenvalue weighted by molar-refractivity contribution is 0.0503. The molecule has 3 aromatic rings. The van der Waals surface area contributed by atoms with Crippen LogP contribution in [-0.4, -0.2) is 41.4 Å². The molecule has 2 heterocycles. The maximum atomic E-state index is 14.2. The number of aromatic nitrogens is 1. The molecule has 4 rings (SSSR count). The first-order valence-electron chi connectivity index (χ1n) is 11.4. The minimum absolute atomic E-state index is 0.114. The van der Waals surface area contributed by atoms with Crippen LogP contribution in [0.5, 0.6) is 5.75 Å². The van der Waals surface area contributed by atoms with Crippen molar-refractivity contribution < 1.29 is 27.4 Å². The van der Waals surface area contributed by atoms with E-state index in [1.54, 1.807) is 24.4 Å². The molecule has 0 saturated carbocycles. The quantitative estimate of drug-likeness (QED) is 0.502. The van der Waals surface area contributed by atoms with Crippen molar-refractivity contribution in [1.29, 1.82) is 0 Å². The van der Waals surface area contributed by atoms with Gasteiger partial charge in [0.05, 0.1) is 17.5 Å². The Hall–Kier alpha value is -3.10. The fourth-order valence-electron chi connectivity index (χ4n) is 4.04. The molecule has 6 nitrogen and oxygen atoms in total. The molecule has 1 N–H and O–H groups in total. The van der Waals surface area contributed by atoms with Gasteiger partial charge in [-0.3, -0.25) is 9.78 Å². The first kappa shape index (κ1) is 25.0. The molecule has 0 saturated heterocycles. The lowest BCUT2D eigenvalue weighted by Gasteiger charge is -2.30. The minimum atomic E-state index is -3.71. The molecule has 8 heteroatoms.